The Kier molecular flexibility index (Phi) is 5.22. The summed E-state index contributed by atoms with van der Waals surface area (Å²) in [6.07, 6.45) is 3.89. The molecule has 1 saturated heterocycles. The third-order valence-electron chi connectivity index (χ3n) is 3.53. The molecule has 21 heavy (non-hydrogen) atoms. The molecule has 1 aliphatic heterocycles. The summed E-state index contributed by atoms with van der Waals surface area (Å²) in [7, 11) is 0. The molecule has 0 spiro atoms. The van der Waals surface area contributed by atoms with Gasteiger partial charge in [0.2, 0.25) is 5.91 Å². The molecule has 0 radical (unpaired) electrons. The SMILES string of the molecule is CC(C)n1cnnc1SCC(=O)N1CCCC[C@H]1C(=O)O. The van der Waals surface area contributed by atoms with Crippen molar-refractivity contribution in [3.8, 4) is 0 Å². The molecule has 1 aromatic heterocycles. The molecule has 0 unspecified atom stereocenters. The molecular formula is C13H20N4O3S. The Hall–Kier alpha value is -1.57. The lowest BCUT2D eigenvalue weighted by atomic mass is 10.0. The second-order valence-electron chi connectivity index (χ2n) is 5.34. The van der Waals surface area contributed by atoms with Gasteiger partial charge in [0, 0.05) is 12.6 Å². The molecule has 1 fully saturated rings. The van der Waals surface area contributed by atoms with Crippen molar-refractivity contribution in [1.82, 2.24) is 19.7 Å². The van der Waals surface area contributed by atoms with E-state index in [9.17, 15) is 14.7 Å². The zero-order valence-electron chi connectivity index (χ0n) is 12.2. The van der Waals surface area contributed by atoms with Crippen molar-refractivity contribution in [2.24, 2.45) is 0 Å². The highest BCUT2D eigenvalue weighted by Gasteiger charge is 2.31. The number of likely N-dealkylation sites (tertiary alicyclic amines) is 1. The summed E-state index contributed by atoms with van der Waals surface area (Å²) in [5.74, 6) is -0.876. The summed E-state index contributed by atoms with van der Waals surface area (Å²) in [5, 5.41) is 17.7. The molecule has 0 aliphatic carbocycles. The van der Waals surface area contributed by atoms with Crippen LogP contribution in [-0.2, 0) is 9.59 Å². The topological polar surface area (TPSA) is 88.3 Å². The van der Waals surface area contributed by atoms with Crippen LogP contribution >= 0.6 is 11.8 Å². The lowest BCUT2D eigenvalue weighted by Gasteiger charge is -2.32. The summed E-state index contributed by atoms with van der Waals surface area (Å²) in [6, 6.07) is -0.464. The van der Waals surface area contributed by atoms with Gasteiger partial charge < -0.3 is 14.6 Å². The Labute approximate surface area is 127 Å². The van der Waals surface area contributed by atoms with Gasteiger partial charge in [-0.1, -0.05) is 11.8 Å². The smallest absolute Gasteiger partial charge is 0.326 e. The predicted molar refractivity (Wildman–Crippen MR) is 78.1 cm³/mol. The zero-order valence-corrected chi connectivity index (χ0v) is 13.0. The number of hydrogen-bond donors (Lipinski definition) is 1. The van der Waals surface area contributed by atoms with Crippen LogP contribution in [0.4, 0.5) is 0 Å². The average Bonchev–Trinajstić information content (AvgIpc) is 2.93. The largest absolute Gasteiger partial charge is 0.480 e. The number of rotatable bonds is 5. The predicted octanol–water partition coefficient (Wildman–Crippen LogP) is 1.42. The standard InChI is InChI=1S/C13H20N4O3S/c1-9(2)17-8-14-15-13(17)21-7-11(18)16-6-4-3-5-10(16)12(19)20/h8-10H,3-7H2,1-2H3,(H,19,20)/t10-/m0/s1. The van der Waals surface area contributed by atoms with E-state index in [1.54, 1.807) is 6.33 Å². The first kappa shape index (κ1) is 15.8. The van der Waals surface area contributed by atoms with E-state index in [1.807, 2.05) is 18.4 Å². The number of carbonyl (C=O) groups excluding carboxylic acids is 1. The van der Waals surface area contributed by atoms with Crippen LogP contribution in [0.15, 0.2) is 11.5 Å². The van der Waals surface area contributed by atoms with Gasteiger partial charge in [0.25, 0.3) is 0 Å². The summed E-state index contributed by atoms with van der Waals surface area (Å²) in [5.41, 5.74) is 0. The van der Waals surface area contributed by atoms with E-state index >= 15 is 0 Å². The van der Waals surface area contributed by atoms with Crippen LogP contribution in [0.3, 0.4) is 0 Å². The van der Waals surface area contributed by atoms with Crippen LogP contribution in [0.2, 0.25) is 0 Å². The van der Waals surface area contributed by atoms with E-state index in [0.717, 1.165) is 12.8 Å². The minimum absolute atomic E-state index is 0.148. The van der Waals surface area contributed by atoms with Gasteiger partial charge in [0.1, 0.15) is 12.4 Å². The van der Waals surface area contributed by atoms with E-state index in [-0.39, 0.29) is 17.7 Å². The Morgan fingerprint density at radius 3 is 2.90 bits per heavy atom. The number of carboxylic acid groups (broad SMARTS) is 1. The van der Waals surface area contributed by atoms with Gasteiger partial charge in [-0.15, -0.1) is 10.2 Å². The first-order valence-corrected chi connectivity index (χ1v) is 8.04. The molecule has 1 N–H and O–H groups in total. The minimum atomic E-state index is -0.918. The minimum Gasteiger partial charge on any atom is -0.480 e. The molecule has 1 amide bonds. The Morgan fingerprint density at radius 1 is 1.48 bits per heavy atom. The van der Waals surface area contributed by atoms with Crippen LogP contribution in [0.1, 0.15) is 39.2 Å². The van der Waals surface area contributed by atoms with Crippen LogP contribution in [0, 0.1) is 0 Å². The highest BCUT2D eigenvalue weighted by Crippen LogP contribution is 2.22. The summed E-state index contributed by atoms with van der Waals surface area (Å²) < 4.78 is 1.89. The fourth-order valence-electron chi connectivity index (χ4n) is 2.39. The van der Waals surface area contributed by atoms with Crippen molar-refractivity contribution in [2.75, 3.05) is 12.3 Å². The second-order valence-corrected chi connectivity index (χ2v) is 6.28. The molecule has 0 aromatic carbocycles. The maximum absolute atomic E-state index is 12.3. The molecule has 1 aliphatic rings. The summed E-state index contributed by atoms with van der Waals surface area (Å²) in [6.45, 7) is 4.55. The second kappa shape index (κ2) is 6.93. The van der Waals surface area contributed by atoms with Gasteiger partial charge in [0.05, 0.1) is 5.75 Å². The Bertz CT molecular complexity index is 517. The molecule has 8 heteroatoms. The van der Waals surface area contributed by atoms with E-state index in [4.69, 9.17) is 0 Å². The molecule has 0 bridgehead atoms. The number of carboxylic acids is 1. The maximum Gasteiger partial charge on any atom is 0.326 e. The normalized spacial score (nSPS) is 19.0. The van der Waals surface area contributed by atoms with Crippen molar-refractivity contribution in [1.29, 1.82) is 0 Å². The molecule has 1 aromatic rings. The summed E-state index contributed by atoms with van der Waals surface area (Å²) in [4.78, 5) is 25.0. The van der Waals surface area contributed by atoms with E-state index < -0.39 is 12.0 Å². The third kappa shape index (κ3) is 3.75. The van der Waals surface area contributed by atoms with Gasteiger partial charge in [-0.25, -0.2) is 4.79 Å². The number of piperidine rings is 1. The number of hydrogen-bond acceptors (Lipinski definition) is 5. The van der Waals surface area contributed by atoms with Crippen LogP contribution < -0.4 is 0 Å². The summed E-state index contributed by atoms with van der Waals surface area (Å²) >= 11 is 1.30. The van der Waals surface area contributed by atoms with Crippen molar-refractivity contribution in [2.45, 2.75) is 50.4 Å². The van der Waals surface area contributed by atoms with E-state index in [1.165, 1.54) is 16.7 Å². The molecule has 0 saturated carbocycles. The highest BCUT2D eigenvalue weighted by atomic mass is 32.2. The Morgan fingerprint density at radius 2 is 2.24 bits per heavy atom. The van der Waals surface area contributed by atoms with Gasteiger partial charge in [-0.3, -0.25) is 4.79 Å². The molecule has 116 valence electrons. The van der Waals surface area contributed by atoms with Gasteiger partial charge >= 0.3 is 5.97 Å². The third-order valence-corrected chi connectivity index (χ3v) is 4.47. The van der Waals surface area contributed by atoms with Crippen molar-refractivity contribution in [3.63, 3.8) is 0 Å². The van der Waals surface area contributed by atoms with Gasteiger partial charge in [0.15, 0.2) is 5.16 Å². The number of carbonyl (C=O) groups is 2. The van der Waals surface area contributed by atoms with Crippen LogP contribution in [0.25, 0.3) is 0 Å². The highest BCUT2D eigenvalue weighted by molar-refractivity contribution is 7.99. The lowest BCUT2D eigenvalue weighted by Crippen LogP contribution is -2.48. The molecule has 1 atom stereocenters. The van der Waals surface area contributed by atoms with Gasteiger partial charge in [-0.05, 0) is 33.1 Å². The maximum atomic E-state index is 12.3. The number of aliphatic carboxylic acids is 1. The van der Waals surface area contributed by atoms with E-state index in [0.29, 0.717) is 18.1 Å². The van der Waals surface area contributed by atoms with E-state index in [2.05, 4.69) is 10.2 Å². The molecule has 2 rings (SSSR count). The van der Waals surface area contributed by atoms with Crippen LogP contribution in [-0.4, -0.2) is 55.0 Å². The average molecular weight is 312 g/mol. The number of nitrogens with zero attached hydrogens (tertiary/aromatic N) is 4. The number of amides is 1. The molecule has 2 heterocycles. The zero-order chi connectivity index (χ0) is 15.4. The monoisotopic (exact) mass is 312 g/mol. The fraction of sp³-hybridized carbons (Fsp3) is 0.692. The van der Waals surface area contributed by atoms with Crippen LogP contribution in [0.5, 0.6) is 0 Å². The molecule has 7 nitrogen and oxygen atoms in total. The van der Waals surface area contributed by atoms with Gasteiger partial charge in [-0.2, -0.15) is 0 Å². The van der Waals surface area contributed by atoms with Crippen molar-refractivity contribution in [3.05, 3.63) is 6.33 Å². The van der Waals surface area contributed by atoms with Crippen molar-refractivity contribution >= 4 is 23.6 Å². The first-order chi connectivity index (χ1) is 10.0. The number of thioether (sulfide) groups is 1. The van der Waals surface area contributed by atoms with Crippen molar-refractivity contribution < 1.29 is 14.7 Å². The lowest BCUT2D eigenvalue weighted by molar-refractivity contribution is -0.150. The number of aromatic nitrogens is 3. The fourth-order valence-corrected chi connectivity index (χ4v) is 3.32. The molecular weight excluding hydrogens is 292 g/mol. The Balaban J connectivity index is 1.97. The quantitative estimate of drug-likeness (QED) is 0.827. The first-order valence-electron chi connectivity index (χ1n) is 7.05.